The van der Waals surface area contributed by atoms with Gasteiger partial charge in [-0.1, -0.05) is 24.8 Å². The number of amides is 4. The van der Waals surface area contributed by atoms with E-state index in [1.165, 1.54) is 0 Å². The number of carbonyl (C=O) groups is 3. The van der Waals surface area contributed by atoms with Crippen LogP contribution in [-0.4, -0.2) is 79.5 Å². The van der Waals surface area contributed by atoms with Crippen molar-refractivity contribution in [2.24, 2.45) is 0 Å². The van der Waals surface area contributed by atoms with E-state index in [9.17, 15) is 14.4 Å². The van der Waals surface area contributed by atoms with E-state index in [1.807, 2.05) is 26.0 Å². The van der Waals surface area contributed by atoms with Gasteiger partial charge in [0, 0.05) is 63.1 Å². The number of urea groups is 1. The first-order valence-electron chi connectivity index (χ1n) is 11.0. The molecule has 8 heteroatoms. The molecule has 31 heavy (non-hydrogen) atoms. The summed E-state index contributed by atoms with van der Waals surface area (Å²) in [7, 11) is 0. The summed E-state index contributed by atoms with van der Waals surface area (Å²) in [5.74, 6) is -1.02. The smallest absolute Gasteiger partial charge is 0.317 e. The van der Waals surface area contributed by atoms with Gasteiger partial charge in [-0.3, -0.25) is 9.59 Å². The molecule has 0 atom stereocenters. The summed E-state index contributed by atoms with van der Waals surface area (Å²) in [6, 6.07) is 7.98. The Morgan fingerprint density at radius 1 is 1.00 bits per heavy atom. The lowest BCUT2D eigenvalue weighted by Crippen LogP contribution is -2.55. The van der Waals surface area contributed by atoms with Crippen molar-refractivity contribution < 1.29 is 14.4 Å². The summed E-state index contributed by atoms with van der Waals surface area (Å²) >= 11 is 0. The van der Waals surface area contributed by atoms with Crippen LogP contribution in [0.3, 0.4) is 0 Å². The molecule has 168 valence electrons. The quantitative estimate of drug-likeness (QED) is 0.716. The van der Waals surface area contributed by atoms with E-state index in [-0.39, 0.29) is 12.1 Å². The summed E-state index contributed by atoms with van der Waals surface area (Å²) in [4.78, 5) is 42.7. The predicted molar refractivity (Wildman–Crippen MR) is 122 cm³/mol. The molecule has 1 aromatic rings. The Balaban J connectivity index is 1.47. The molecular formula is C23H33N5O3. The Hall–Kier alpha value is -3.03. The van der Waals surface area contributed by atoms with Gasteiger partial charge >= 0.3 is 17.8 Å². The second kappa shape index (κ2) is 10.3. The zero-order valence-electron chi connectivity index (χ0n) is 18.5. The fraction of sp³-hybridized carbons (Fsp3) is 0.522. The van der Waals surface area contributed by atoms with Crippen molar-refractivity contribution in [2.45, 2.75) is 32.7 Å². The van der Waals surface area contributed by atoms with Crippen LogP contribution in [0.15, 0.2) is 30.8 Å². The van der Waals surface area contributed by atoms with Gasteiger partial charge < -0.3 is 25.3 Å². The first-order chi connectivity index (χ1) is 14.9. The van der Waals surface area contributed by atoms with E-state index in [0.29, 0.717) is 58.7 Å². The average Bonchev–Trinajstić information content (AvgIpc) is 2.79. The van der Waals surface area contributed by atoms with Crippen LogP contribution >= 0.6 is 0 Å². The maximum Gasteiger partial charge on any atom is 0.317 e. The molecular weight excluding hydrogens is 394 g/mol. The first-order valence-corrected chi connectivity index (χ1v) is 11.0. The monoisotopic (exact) mass is 427 g/mol. The Labute approximate surface area is 184 Å². The number of para-hydroxylation sites is 1. The topological polar surface area (TPSA) is 85.0 Å². The standard InChI is InChI=1S/C23H33N5O3/c1-4-24-23(31)28-11-9-18(10-12-28)25-21(29)22(30)27-15-13-26(14-16-27)20-8-6-5-7-19(20)17(2)3/h5-8,18H,2,4,9-16H2,1,3H3,(H,24,31)(H,25,29). The van der Waals surface area contributed by atoms with Gasteiger partial charge in [0.25, 0.3) is 0 Å². The minimum atomic E-state index is -0.549. The van der Waals surface area contributed by atoms with Gasteiger partial charge in [-0.05, 0) is 38.3 Å². The number of benzene rings is 1. The molecule has 0 aromatic heterocycles. The molecule has 2 N–H and O–H groups in total. The summed E-state index contributed by atoms with van der Waals surface area (Å²) in [5.41, 5.74) is 3.23. The number of piperidine rings is 1. The number of piperazine rings is 1. The van der Waals surface area contributed by atoms with Crippen molar-refractivity contribution in [3.8, 4) is 0 Å². The average molecular weight is 428 g/mol. The third-order valence-electron chi connectivity index (χ3n) is 5.91. The van der Waals surface area contributed by atoms with E-state index in [4.69, 9.17) is 0 Å². The van der Waals surface area contributed by atoms with Gasteiger partial charge in [-0.25, -0.2) is 4.79 Å². The zero-order chi connectivity index (χ0) is 22.4. The molecule has 4 amide bonds. The summed E-state index contributed by atoms with van der Waals surface area (Å²) < 4.78 is 0. The van der Waals surface area contributed by atoms with Crippen LogP contribution in [0.4, 0.5) is 10.5 Å². The van der Waals surface area contributed by atoms with Crippen LogP contribution in [-0.2, 0) is 9.59 Å². The lowest BCUT2D eigenvalue weighted by Gasteiger charge is -2.37. The van der Waals surface area contributed by atoms with Crippen LogP contribution < -0.4 is 15.5 Å². The maximum absolute atomic E-state index is 12.7. The molecule has 8 nitrogen and oxygen atoms in total. The molecule has 0 aliphatic carbocycles. The Morgan fingerprint density at radius 3 is 2.26 bits per heavy atom. The van der Waals surface area contributed by atoms with E-state index in [1.54, 1.807) is 9.80 Å². The number of nitrogens with one attached hydrogen (secondary N) is 2. The largest absolute Gasteiger partial charge is 0.367 e. The molecule has 0 radical (unpaired) electrons. The molecule has 2 aliphatic heterocycles. The lowest BCUT2D eigenvalue weighted by molar-refractivity contribution is -0.146. The molecule has 0 saturated carbocycles. The number of carbonyl (C=O) groups excluding carboxylic acids is 3. The van der Waals surface area contributed by atoms with E-state index < -0.39 is 11.8 Å². The highest BCUT2D eigenvalue weighted by Gasteiger charge is 2.30. The van der Waals surface area contributed by atoms with Gasteiger partial charge in [0.15, 0.2) is 0 Å². The van der Waals surface area contributed by atoms with Gasteiger partial charge in [0.2, 0.25) is 0 Å². The summed E-state index contributed by atoms with van der Waals surface area (Å²) in [5, 5.41) is 5.65. The van der Waals surface area contributed by atoms with Crippen molar-refractivity contribution in [1.29, 1.82) is 0 Å². The molecule has 0 spiro atoms. The highest BCUT2D eigenvalue weighted by Crippen LogP contribution is 2.26. The maximum atomic E-state index is 12.7. The van der Waals surface area contributed by atoms with Crippen LogP contribution in [0.1, 0.15) is 32.3 Å². The van der Waals surface area contributed by atoms with Gasteiger partial charge in [0.1, 0.15) is 0 Å². The van der Waals surface area contributed by atoms with Crippen molar-refractivity contribution in [3.63, 3.8) is 0 Å². The minimum Gasteiger partial charge on any atom is -0.367 e. The molecule has 2 aliphatic rings. The van der Waals surface area contributed by atoms with E-state index >= 15 is 0 Å². The SMILES string of the molecule is C=C(C)c1ccccc1N1CCN(C(=O)C(=O)NC2CCN(C(=O)NCC)CC2)CC1. The van der Waals surface area contributed by atoms with Crippen LogP contribution in [0, 0.1) is 0 Å². The number of rotatable bonds is 4. The molecule has 2 heterocycles. The summed E-state index contributed by atoms with van der Waals surface area (Å²) in [6.45, 7) is 12.0. The Kier molecular flexibility index (Phi) is 7.55. The number of allylic oxidation sites excluding steroid dienone is 1. The normalized spacial score (nSPS) is 17.3. The van der Waals surface area contributed by atoms with Crippen molar-refractivity contribution in [3.05, 3.63) is 36.4 Å². The molecule has 0 unspecified atom stereocenters. The molecule has 0 bridgehead atoms. The van der Waals surface area contributed by atoms with E-state index in [2.05, 4.69) is 34.2 Å². The molecule has 3 rings (SSSR count). The van der Waals surface area contributed by atoms with Crippen molar-refractivity contribution in [1.82, 2.24) is 20.4 Å². The second-order valence-electron chi connectivity index (χ2n) is 8.15. The Morgan fingerprint density at radius 2 is 1.65 bits per heavy atom. The number of hydrogen-bond acceptors (Lipinski definition) is 4. The molecule has 2 saturated heterocycles. The van der Waals surface area contributed by atoms with Gasteiger partial charge in [-0.15, -0.1) is 0 Å². The number of anilines is 1. The second-order valence-corrected chi connectivity index (χ2v) is 8.15. The predicted octanol–water partition coefficient (Wildman–Crippen LogP) is 1.68. The summed E-state index contributed by atoms with van der Waals surface area (Å²) in [6.07, 6.45) is 1.31. The van der Waals surface area contributed by atoms with Crippen LogP contribution in [0.25, 0.3) is 5.57 Å². The highest BCUT2D eigenvalue weighted by molar-refractivity contribution is 6.35. The fourth-order valence-electron chi connectivity index (χ4n) is 4.14. The molecule has 2 fully saturated rings. The minimum absolute atomic E-state index is 0.0746. The number of nitrogens with zero attached hydrogens (tertiary/aromatic N) is 3. The van der Waals surface area contributed by atoms with Gasteiger partial charge in [0.05, 0.1) is 0 Å². The Bertz CT molecular complexity index is 824. The van der Waals surface area contributed by atoms with Crippen LogP contribution in [0.5, 0.6) is 0 Å². The fourth-order valence-corrected chi connectivity index (χ4v) is 4.14. The zero-order valence-corrected chi connectivity index (χ0v) is 18.5. The van der Waals surface area contributed by atoms with Crippen molar-refractivity contribution >= 4 is 29.1 Å². The molecule has 1 aromatic carbocycles. The third kappa shape index (κ3) is 5.57. The number of hydrogen-bond donors (Lipinski definition) is 2. The highest BCUT2D eigenvalue weighted by atomic mass is 16.2. The lowest BCUT2D eigenvalue weighted by atomic mass is 10.0. The van der Waals surface area contributed by atoms with Crippen molar-refractivity contribution in [2.75, 3.05) is 50.7 Å². The van der Waals surface area contributed by atoms with E-state index in [0.717, 1.165) is 16.8 Å². The first kappa shape index (κ1) is 22.7. The van der Waals surface area contributed by atoms with Crippen LogP contribution in [0.2, 0.25) is 0 Å². The third-order valence-corrected chi connectivity index (χ3v) is 5.91. The number of likely N-dealkylation sites (tertiary alicyclic amines) is 1. The van der Waals surface area contributed by atoms with Gasteiger partial charge in [-0.2, -0.15) is 0 Å².